The SMILES string of the molecule is CC(NC1CCOC2(CCSC2)C1)c1ccccn1. The summed E-state index contributed by atoms with van der Waals surface area (Å²) >= 11 is 2.03. The van der Waals surface area contributed by atoms with Crippen molar-refractivity contribution in [2.24, 2.45) is 0 Å². The van der Waals surface area contributed by atoms with E-state index in [1.165, 1.54) is 17.9 Å². The van der Waals surface area contributed by atoms with Crippen molar-refractivity contribution in [3.8, 4) is 0 Å². The number of thioether (sulfide) groups is 1. The second-order valence-electron chi connectivity index (χ2n) is 5.67. The van der Waals surface area contributed by atoms with Crippen LogP contribution in [-0.2, 0) is 4.74 Å². The van der Waals surface area contributed by atoms with E-state index in [1.807, 2.05) is 24.0 Å². The van der Waals surface area contributed by atoms with E-state index in [-0.39, 0.29) is 5.60 Å². The number of aromatic nitrogens is 1. The minimum atomic E-state index is 0.157. The molecule has 1 spiro atoms. The molecule has 19 heavy (non-hydrogen) atoms. The average Bonchev–Trinajstić information content (AvgIpc) is 2.88. The van der Waals surface area contributed by atoms with E-state index >= 15 is 0 Å². The molecule has 3 rings (SSSR count). The summed E-state index contributed by atoms with van der Waals surface area (Å²) in [5.74, 6) is 2.42. The highest BCUT2D eigenvalue weighted by Crippen LogP contribution is 2.38. The predicted octanol–water partition coefficient (Wildman–Crippen LogP) is 2.79. The number of nitrogens with one attached hydrogen (secondary N) is 1. The van der Waals surface area contributed by atoms with Crippen molar-refractivity contribution in [3.05, 3.63) is 30.1 Å². The van der Waals surface area contributed by atoms with E-state index in [1.54, 1.807) is 0 Å². The van der Waals surface area contributed by atoms with E-state index in [0.29, 0.717) is 12.1 Å². The van der Waals surface area contributed by atoms with Crippen molar-refractivity contribution in [1.29, 1.82) is 0 Å². The maximum Gasteiger partial charge on any atom is 0.0795 e. The molecule has 0 saturated carbocycles. The van der Waals surface area contributed by atoms with Crippen LogP contribution in [0, 0.1) is 0 Å². The molecule has 3 nitrogen and oxygen atoms in total. The zero-order chi connectivity index (χ0) is 13.1. The van der Waals surface area contributed by atoms with Crippen molar-refractivity contribution in [3.63, 3.8) is 0 Å². The van der Waals surface area contributed by atoms with Crippen LogP contribution in [0.1, 0.15) is 37.9 Å². The van der Waals surface area contributed by atoms with Gasteiger partial charge in [0.1, 0.15) is 0 Å². The molecule has 3 atom stereocenters. The van der Waals surface area contributed by atoms with Gasteiger partial charge in [0, 0.05) is 30.6 Å². The van der Waals surface area contributed by atoms with E-state index in [2.05, 4.69) is 29.4 Å². The number of nitrogens with zero attached hydrogens (tertiary/aromatic N) is 1. The molecule has 2 fully saturated rings. The third-order valence-electron chi connectivity index (χ3n) is 4.18. The Balaban J connectivity index is 1.60. The number of ether oxygens (including phenoxy) is 1. The van der Waals surface area contributed by atoms with Gasteiger partial charge in [-0.15, -0.1) is 0 Å². The van der Waals surface area contributed by atoms with E-state index in [4.69, 9.17) is 4.74 Å². The highest BCUT2D eigenvalue weighted by atomic mass is 32.2. The van der Waals surface area contributed by atoms with Crippen LogP contribution < -0.4 is 5.32 Å². The summed E-state index contributed by atoms with van der Waals surface area (Å²) < 4.78 is 6.07. The molecule has 0 bridgehead atoms. The summed E-state index contributed by atoms with van der Waals surface area (Å²) in [6, 6.07) is 6.99. The summed E-state index contributed by atoms with van der Waals surface area (Å²) in [5.41, 5.74) is 1.29. The third kappa shape index (κ3) is 3.12. The first kappa shape index (κ1) is 13.4. The van der Waals surface area contributed by atoms with Crippen LogP contribution in [-0.4, -0.2) is 34.7 Å². The zero-order valence-electron chi connectivity index (χ0n) is 11.5. The molecule has 4 heteroatoms. The van der Waals surface area contributed by atoms with Crippen LogP contribution in [0.3, 0.4) is 0 Å². The van der Waals surface area contributed by atoms with Gasteiger partial charge in [0.05, 0.1) is 11.3 Å². The van der Waals surface area contributed by atoms with E-state index in [9.17, 15) is 0 Å². The van der Waals surface area contributed by atoms with Crippen LogP contribution in [0.4, 0.5) is 0 Å². The largest absolute Gasteiger partial charge is 0.374 e. The molecule has 0 amide bonds. The van der Waals surface area contributed by atoms with Gasteiger partial charge in [-0.2, -0.15) is 11.8 Å². The first-order valence-corrected chi connectivity index (χ1v) is 8.32. The Kier molecular flexibility index (Phi) is 4.10. The molecular weight excluding hydrogens is 256 g/mol. The summed E-state index contributed by atoms with van der Waals surface area (Å²) in [5, 5.41) is 3.73. The van der Waals surface area contributed by atoms with Gasteiger partial charge in [-0.25, -0.2) is 0 Å². The molecule has 1 aromatic heterocycles. The fraction of sp³-hybridized carbons (Fsp3) is 0.667. The lowest BCUT2D eigenvalue weighted by Gasteiger charge is -2.39. The van der Waals surface area contributed by atoms with Crippen LogP contribution in [0.5, 0.6) is 0 Å². The second-order valence-corrected chi connectivity index (χ2v) is 6.77. The Morgan fingerprint density at radius 3 is 3.21 bits per heavy atom. The Morgan fingerprint density at radius 1 is 1.53 bits per heavy atom. The minimum Gasteiger partial charge on any atom is -0.374 e. The second kappa shape index (κ2) is 5.81. The molecule has 3 heterocycles. The molecule has 0 aromatic carbocycles. The maximum absolute atomic E-state index is 6.07. The summed E-state index contributed by atoms with van der Waals surface area (Å²) in [7, 11) is 0. The molecule has 1 aromatic rings. The van der Waals surface area contributed by atoms with Gasteiger partial charge in [-0.3, -0.25) is 4.98 Å². The zero-order valence-corrected chi connectivity index (χ0v) is 12.3. The first-order valence-electron chi connectivity index (χ1n) is 7.16. The van der Waals surface area contributed by atoms with Gasteiger partial charge in [-0.05, 0) is 44.1 Å². The number of pyridine rings is 1. The van der Waals surface area contributed by atoms with Gasteiger partial charge < -0.3 is 10.1 Å². The summed E-state index contributed by atoms with van der Waals surface area (Å²) in [6.45, 7) is 3.10. The molecule has 3 unspecified atom stereocenters. The highest BCUT2D eigenvalue weighted by molar-refractivity contribution is 7.99. The number of hydrogen-bond donors (Lipinski definition) is 1. The van der Waals surface area contributed by atoms with Gasteiger partial charge in [0.15, 0.2) is 0 Å². The van der Waals surface area contributed by atoms with Crippen LogP contribution in [0.25, 0.3) is 0 Å². The maximum atomic E-state index is 6.07. The summed E-state index contributed by atoms with van der Waals surface area (Å²) in [4.78, 5) is 4.44. The summed E-state index contributed by atoms with van der Waals surface area (Å²) in [6.07, 6.45) is 5.35. The lowest BCUT2D eigenvalue weighted by atomic mass is 9.89. The highest BCUT2D eigenvalue weighted by Gasteiger charge is 2.40. The van der Waals surface area contributed by atoms with E-state index < -0.39 is 0 Å². The van der Waals surface area contributed by atoms with E-state index in [0.717, 1.165) is 25.1 Å². The Bertz CT molecular complexity index is 406. The van der Waals surface area contributed by atoms with Gasteiger partial charge in [-0.1, -0.05) is 6.07 Å². The Labute approximate surface area is 119 Å². The topological polar surface area (TPSA) is 34.1 Å². The Morgan fingerprint density at radius 2 is 2.47 bits per heavy atom. The molecular formula is C15H22N2OS. The smallest absolute Gasteiger partial charge is 0.0795 e. The quantitative estimate of drug-likeness (QED) is 0.922. The fourth-order valence-corrected chi connectivity index (χ4v) is 4.48. The van der Waals surface area contributed by atoms with Crippen molar-refractivity contribution < 1.29 is 4.74 Å². The molecule has 0 radical (unpaired) electrons. The molecule has 1 N–H and O–H groups in total. The molecule has 2 aliphatic heterocycles. The van der Waals surface area contributed by atoms with Crippen LogP contribution >= 0.6 is 11.8 Å². The van der Waals surface area contributed by atoms with Crippen molar-refractivity contribution >= 4 is 11.8 Å². The van der Waals surface area contributed by atoms with Crippen molar-refractivity contribution in [2.75, 3.05) is 18.1 Å². The first-order chi connectivity index (χ1) is 9.27. The third-order valence-corrected chi connectivity index (χ3v) is 5.40. The lowest BCUT2D eigenvalue weighted by Crippen LogP contribution is -2.47. The monoisotopic (exact) mass is 278 g/mol. The van der Waals surface area contributed by atoms with Crippen molar-refractivity contribution in [2.45, 2.75) is 43.9 Å². The van der Waals surface area contributed by atoms with Gasteiger partial charge in [0.25, 0.3) is 0 Å². The standard InChI is InChI=1S/C15H22N2OS/c1-12(14-4-2-3-7-16-14)17-13-5-8-18-15(10-13)6-9-19-11-15/h2-4,7,12-13,17H,5-6,8-11H2,1H3. The molecule has 2 aliphatic rings. The number of hydrogen-bond acceptors (Lipinski definition) is 4. The average molecular weight is 278 g/mol. The van der Waals surface area contributed by atoms with Crippen LogP contribution in [0.2, 0.25) is 0 Å². The van der Waals surface area contributed by atoms with Crippen LogP contribution in [0.15, 0.2) is 24.4 Å². The Hall–Kier alpha value is -0.580. The normalized spacial score (nSPS) is 32.6. The fourth-order valence-electron chi connectivity index (χ4n) is 3.10. The molecule has 104 valence electrons. The lowest BCUT2D eigenvalue weighted by molar-refractivity contribution is -0.0712. The predicted molar refractivity (Wildman–Crippen MR) is 79.4 cm³/mol. The minimum absolute atomic E-state index is 0.157. The van der Waals surface area contributed by atoms with Gasteiger partial charge >= 0.3 is 0 Å². The van der Waals surface area contributed by atoms with Gasteiger partial charge in [0.2, 0.25) is 0 Å². The molecule has 0 aliphatic carbocycles. The molecule has 2 saturated heterocycles. The number of rotatable bonds is 3. The van der Waals surface area contributed by atoms with Crippen molar-refractivity contribution in [1.82, 2.24) is 10.3 Å².